The Labute approximate surface area is 63.7 Å². The van der Waals surface area contributed by atoms with E-state index in [4.69, 9.17) is 5.73 Å². The number of nitrogens with two attached hydrogens (primary N) is 1. The summed E-state index contributed by atoms with van der Waals surface area (Å²) in [5.41, 5.74) is 8.07. The zero-order chi connectivity index (χ0) is 7.84. The zero-order valence-corrected chi connectivity index (χ0v) is 6.15. The molecular formula is C7H8N4. The quantitative estimate of drug-likeness (QED) is 0.595. The van der Waals surface area contributed by atoms with E-state index in [2.05, 4.69) is 10.1 Å². The SMILES string of the molecule is Cc1ccc(N)c2ncnn12. The predicted molar refractivity (Wildman–Crippen MR) is 42.1 cm³/mol. The van der Waals surface area contributed by atoms with Gasteiger partial charge in [0.2, 0.25) is 0 Å². The number of rotatable bonds is 0. The van der Waals surface area contributed by atoms with Gasteiger partial charge in [-0.25, -0.2) is 9.50 Å². The zero-order valence-electron chi connectivity index (χ0n) is 6.15. The minimum Gasteiger partial charge on any atom is -0.396 e. The second-order valence-electron chi connectivity index (χ2n) is 2.43. The van der Waals surface area contributed by atoms with Gasteiger partial charge in [0.1, 0.15) is 6.33 Å². The van der Waals surface area contributed by atoms with E-state index in [1.807, 2.05) is 19.1 Å². The molecule has 0 aromatic carbocycles. The molecular weight excluding hydrogens is 140 g/mol. The van der Waals surface area contributed by atoms with Crippen molar-refractivity contribution in [2.45, 2.75) is 6.92 Å². The Morgan fingerprint density at radius 3 is 3.00 bits per heavy atom. The second kappa shape index (κ2) is 1.95. The monoisotopic (exact) mass is 148 g/mol. The van der Waals surface area contributed by atoms with Crippen LogP contribution in [0.4, 0.5) is 5.69 Å². The fourth-order valence-corrected chi connectivity index (χ4v) is 1.05. The van der Waals surface area contributed by atoms with Crippen LogP contribution in [0.15, 0.2) is 18.5 Å². The lowest BCUT2D eigenvalue weighted by atomic mass is 10.3. The summed E-state index contributed by atoms with van der Waals surface area (Å²) in [7, 11) is 0. The molecule has 0 aliphatic rings. The molecule has 0 saturated heterocycles. The van der Waals surface area contributed by atoms with E-state index < -0.39 is 0 Å². The third-order valence-corrected chi connectivity index (χ3v) is 1.64. The minimum absolute atomic E-state index is 0.660. The van der Waals surface area contributed by atoms with E-state index >= 15 is 0 Å². The van der Waals surface area contributed by atoms with Crippen LogP contribution in [0, 0.1) is 6.92 Å². The summed E-state index contributed by atoms with van der Waals surface area (Å²) in [6, 6.07) is 3.75. The molecule has 11 heavy (non-hydrogen) atoms. The number of nitrogen functional groups attached to an aromatic ring is 1. The van der Waals surface area contributed by atoms with Gasteiger partial charge in [-0.1, -0.05) is 0 Å². The number of pyridine rings is 1. The second-order valence-corrected chi connectivity index (χ2v) is 2.43. The van der Waals surface area contributed by atoms with Gasteiger partial charge in [-0.15, -0.1) is 0 Å². The minimum atomic E-state index is 0.660. The van der Waals surface area contributed by atoms with E-state index in [0.29, 0.717) is 5.69 Å². The summed E-state index contributed by atoms with van der Waals surface area (Å²) >= 11 is 0. The Kier molecular flexibility index (Phi) is 1.09. The molecule has 0 spiro atoms. The van der Waals surface area contributed by atoms with E-state index in [-0.39, 0.29) is 0 Å². The Bertz CT molecular complexity index is 354. The first-order valence-electron chi connectivity index (χ1n) is 3.34. The molecule has 2 aromatic rings. The summed E-state index contributed by atoms with van der Waals surface area (Å²) in [6.07, 6.45) is 1.50. The van der Waals surface area contributed by atoms with Crippen molar-refractivity contribution in [3.05, 3.63) is 24.2 Å². The van der Waals surface area contributed by atoms with Crippen LogP contribution in [0.1, 0.15) is 5.69 Å². The molecule has 56 valence electrons. The van der Waals surface area contributed by atoms with E-state index in [1.54, 1.807) is 4.52 Å². The van der Waals surface area contributed by atoms with Gasteiger partial charge >= 0.3 is 0 Å². The lowest BCUT2D eigenvalue weighted by Gasteiger charge is -1.98. The normalized spacial score (nSPS) is 10.6. The average Bonchev–Trinajstić information content (AvgIpc) is 2.45. The van der Waals surface area contributed by atoms with Crippen molar-refractivity contribution < 1.29 is 0 Å². The molecule has 2 N–H and O–H groups in total. The van der Waals surface area contributed by atoms with Crippen LogP contribution in [0.3, 0.4) is 0 Å². The number of anilines is 1. The van der Waals surface area contributed by atoms with Crippen LogP contribution < -0.4 is 5.73 Å². The number of hydrogen-bond acceptors (Lipinski definition) is 3. The van der Waals surface area contributed by atoms with Crippen LogP contribution in [0.5, 0.6) is 0 Å². The van der Waals surface area contributed by atoms with E-state index in [1.165, 1.54) is 6.33 Å². The number of hydrogen-bond donors (Lipinski definition) is 1. The Morgan fingerprint density at radius 2 is 2.27 bits per heavy atom. The lowest BCUT2D eigenvalue weighted by Crippen LogP contribution is -1.96. The van der Waals surface area contributed by atoms with Gasteiger partial charge in [0.05, 0.1) is 5.69 Å². The summed E-state index contributed by atoms with van der Waals surface area (Å²) < 4.78 is 1.72. The molecule has 4 nitrogen and oxygen atoms in total. The van der Waals surface area contributed by atoms with Crippen molar-refractivity contribution in [1.82, 2.24) is 14.6 Å². The van der Waals surface area contributed by atoms with Crippen LogP contribution in [0.2, 0.25) is 0 Å². The Hall–Kier alpha value is -1.58. The van der Waals surface area contributed by atoms with Crippen LogP contribution >= 0.6 is 0 Å². The van der Waals surface area contributed by atoms with Crippen molar-refractivity contribution in [2.24, 2.45) is 0 Å². The molecule has 2 rings (SSSR count). The average molecular weight is 148 g/mol. The smallest absolute Gasteiger partial charge is 0.178 e. The number of nitrogens with zero attached hydrogens (tertiary/aromatic N) is 3. The standard InChI is InChI=1S/C7H8N4/c1-5-2-3-6(8)7-9-4-10-11(5)7/h2-4H,8H2,1H3. The molecule has 4 heteroatoms. The van der Waals surface area contributed by atoms with Gasteiger partial charge in [0.25, 0.3) is 0 Å². The third kappa shape index (κ3) is 0.756. The summed E-state index contributed by atoms with van der Waals surface area (Å²) in [5.74, 6) is 0. The van der Waals surface area contributed by atoms with Gasteiger partial charge in [-0.2, -0.15) is 5.10 Å². The highest BCUT2D eigenvalue weighted by atomic mass is 15.3. The molecule has 0 aliphatic heterocycles. The van der Waals surface area contributed by atoms with Gasteiger partial charge in [0.15, 0.2) is 5.65 Å². The predicted octanol–water partition coefficient (Wildman–Crippen LogP) is 0.620. The van der Waals surface area contributed by atoms with Gasteiger partial charge in [-0.3, -0.25) is 0 Å². The molecule has 0 fully saturated rings. The van der Waals surface area contributed by atoms with Crippen molar-refractivity contribution in [3.63, 3.8) is 0 Å². The molecule has 0 aliphatic carbocycles. The maximum Gasteiger partial charge on any atom is 0.178 e. The van der Waals surface area contributed by atoms with Gasteiger partial charge < -0.3 is 5.73 Å². The molecule has 2 aromatic heterocycles. The maximum atomic E-state index is 5.65. The lowest BCUT2D eigenvalue weighted by molar-refractivity contribution is 0.916. The van der Waals surface area contributed by atoms with Crippen molar-refractivity contribution >= 4 is 11.3 Å². The highest BCUT2D eigenvalue weighted by Gasteiger charge is 2.00. The molecule has 2 heterocycles. The van der Waals surface area contributed by atoms with Crippen molar-refractivity contribution in [3.8, 4) is 0 Å². The fraction of sp³-hybridized carbons (Fsp3) is 0.143. The summed E-state index contributed by atoms with van der Waals surface area (Å²) in [5, 5.41) is 4.00. The van der Waals surface area contributed by atoms with Gasteiger partial charge in [-0.05, 0) is 19.1 Å². The fourth-order valence-electron chi connectivity index (χ4n) is 1.05. The van der Waals surface area contributed by atoms with E-state index in [9.17, 15) is 0 Å². The molecule has 0 unspecified atom stereocenters. The first kappa shape index (κ1) is 6.15. The van der Waals surface area contributed by atoms with Gasteiger partial charge in [0, 0.05) is 5.69 Å². The topological polar surface area (TPSA) is 56.2 Å². The molecule has 0 atom stereocenters. The number of fused-ring (bicyclic) bond motifs is 1. The summed E-state index contributed by atoms with van der Waals surface area (Å²) in [4.78, 5) is 4.01. The molecule has 0 saturated carbocycles. The third-order valence-electron chi connectivity index (χ3n) is 1.64. The van der Waals surface area contributed by atoms with Crippen LogP contribution in [-0.4, -0.2) is 14.6 Å². The number of aryl methyl sites for hydroxylation is 1. The Balaban J connectivity index is 2.96. The van der Waals surface area contributed by atoms with E-state index in [0.717, 1.165) is 11.3 Å². The summed E-state index contributed by atoms with van der Waals surface area (Å²) in [6.45, 7) is 1.96. The maximum absolute atomic E-state index is 5.65. The molecule has 0 bridgehead atoms. The van der Waals surface area contributed by atoms with Crippen molar-refractivity contribution in [1.29, 1.82) is 0 Å². The van der Waals surface area contributed by atoms with Crippen LogP contribution in [-0.2, 0) is 0 Å². The van der Waals surface area contributed by atoms with Crippen molar-refractivity contribution in [2.75, 3.05) is 5.73 Å². The largest absolute Gasteiger partial charge is 0.396 e. The first-order chi connectivity index (χ1) is 5.29. The van der Waals surface area contributed by atoms with Crippen LogP contribution in [0.25, 0.3) is 5.65 Å². The molecule has 0 amide bonds. The molecule has 0 radical (unpaired) electrons. The Morgan fingerprint density at radius 1 is 1.45 bits per heavy atom. The number of aromatic nitrogens is 3. The highest BCUT2D eigenvalue weighted by molar-refractivity contribution is 5.63. The highest BCUT2D eigenvalue weighted by Crippen LogP contribution is 2.10. The first-order valence-corrected chi connectivity index (χ1v) is 3.34.